The van der Waals surface area contributed by atoms with Gasteiger partial charge >= 0.3 is 0 Å². The fourth-order valence-corrected chi connectivity index (χ4v) is 3.93. The molecule has 0 aliphatic carbocycles. The Morgan fingerprint density at radius 2 is 1.15 bits per heavy atom. The highest BCUT2D eigenvalue weighted by Crippen LogP contribution is 2.33. The molecule has 1 heterocycles. The largest absolute Gasteiger partial charge is 0.487 e. The van der Waals surface area contributed by atoms with E-state index >= 15 is 0 Å². The smallest absolute Gasteiger partial charge is 0.151 e. The average Bonchev–Trinajstić information content (AvgIpc) is 3.21. The standard InChI is InChI=1S/C29H32O4/c1-22(2)27-29(32-20-25-16-10-5-11-17-25)28(31-19-24-14-8-4-9-15-24)26(33-27)21-30-18-23-12-6-3-7-13-23/h3-17,26,28-29H,18-21H2,1-2H3/t26-,28?,29?/m1/s1. The number of allylic oxidation sites excluding steroid dienone is 1. The van der Waals surface area contributed by atoms with Crippen molar-refractivity contribution in [2.45, 2.75) is 52.0 Å². The number of hydrogen-bond acceptors (Lipinski definition) is 4. The molecule has 4 nitrogen and oxygen atoms in total. The number of benzene rings is 3. The zero-order valence-electron chi connectivity index (χ0n) is 19.4. The van der Waals surface area contributed by atoms with E-state index in [1.807, 2.05) is 54.6 Å². The van der Waals surface area contributed by atoms with Gasteiger partial charge in [0.15, 0.2) is 6.10 Å². The summed E-state index contributed by atoms with van der Waals surface area (Å²) in [5.74, 6) is 0.845. The Hall–Kier alpha value is -2.92. The summed E-state index contributed by atoms with van der Waals surface area (Å²) in [5, 5.41) is 0. The molecule has 0 N–H and O–H groups in total. The van der Waals surface area contributed by atoms with Crippen molar-refractivity contribution in [1.82, 2.24) is 0 Å². The summed E-state index contributed by atoms with van der Waals surface area (Å²) in [6, 6.07) is 30.6. The molecular weight excluding hydrogens is 412 g/mol. The molecule has 0 bridgehead atoms. The third-order valence-electron chi connectivity index (χ3n) is 5.65. The van der Waals surface area contributed by atoms with Gasteiger partial charge in [-0.25, -0.2) is 0 Å². The highest BCUT2D eigenvalue weighted by Gasteiger charge is 2.44. The van der Waals surface area contributed by atoms with Crippen molar-refractivity contribution in [2.75, 3.05) is 6.61 Å². The van der Waals surface area contributed by atoms with E-state index in [0.29, 0.717) is 26.4 Å². The van der Waals surface area contributed by atoms with Crippen LogP contribution in [0.1, 0.15) is 30.5 Å². The first kappa shape index (κ1) is 23.2. The van der Waals surface area contributed by atoms with Crippen LogP contribution in [0.4, 0.5) is 0 Å². The molecule has 2 unspecified atom stereocenters. The van der Waals surface area contributed by atoms with Crippen molar-refractivity contribution < 1.29 is 18.9 Å². The third kappa shape index (κ3) is 6.55. The zero-order valence-corrected chi connectivity index (χ0v) is 19.4. The Morgan fingerprint density at radius 3 is 1.67 bits per heavy atom. The Bertz CT molecular complexity index is 998. The van der Waals surface area contributed by atoms with E-state index in [1.165, 1.54) is 0 Å². The number of ether oxygens (including phenoxy) is 4. The normalized spacial score (nSPS) is 19.9. The molecule has 4 heteroatoms. The second-order valence-electron chi connectivity index (χ2n) is 8.50. The molecule has 33 heavy (non-hydrogen) atoms. The third-order valence-corrected chi connectivity index (χ3v) is 5.65. The van der Waals surface area contributed by atoms with Gasteiger partial charge in [0, 0.05) is 0 Å². The van der Waals surface area contributed by atoms with Crippen molar-refractivity contribution >= 4 is 0 Å². The number of rotatable bonds is 10. The number of hydrogen-bond donors (Lipinski definition) is 0. The molecule has 4 rings (SSSR count). The Morgan fingerprint density at radius 1 is 0.667 bits per heavy atom. The molecule has 172 valence electrons. The molecule has 1 aliphatic heterocycles. The van der Waals surface area contributed by atoms with E-state index < -0.39 is 0 Å². The fourth-order valence-electron chi connectivity index (χ4n) is 3.93. The van der Waals surface area contributed by atoms with Crippen molar-refractivity contribution in [2.24, 2.45) is 0 Å². The first-order valence-corrected chi connectivity index (χ1v) is 11.5. The minimum atomic E-state index is -0.288. The molecule has 3 atom stereocenters. The van der Waals surface area contributed by atoms with E-state index in [1.54, 1.807) is 0 Å². The Labute approximate surface area is 196 Å². The van der Waals surface area contributed by atoms with Gasteiger partial charge in [-0.3, -0.25) is 0 Å². The molecule has 0 saturated carbocycles. The van der Waals surface area contributed by atoms with Crippen LogP contribution in [0.15, 0.2) is 102 Å². The van der Waals surface area contributed by atoms with Crippen molar-refractivity contribution in [3.8, 4) is 0 Å². The highest BCUT2D eigenvalue weighted by molar-refractivity contribution is 5.19. The van der Waals surface area contributed by atoms with Gasteiger partial charge in [0.2, 0.25) is 0 Å². The Balaban J connectivity index is 1.48. The molecule has 1 fully saturated rings. The van der Waals surface area contributed by atoms with Gasteiger partial charge < -0.3 is 18.9 Å². The molecule has 3 aromatic carbocycles. The Kier molecular flexibility index (Phi) is 8.31. The minimum Gasteiger partial charge on any atom is -0.487 e. The molecule has 3 aromatic rings. The van der Waals surface area contributed by atoms with Crippen molar-refractivity contribution in [3.63, 3.8) is 0 Å². The van der Waals surface area contributed by atoms with Gasteiger partial charge in [-0.05, 0) is 36.1 Å². The monoisotopic (exact) mass is 444 g/mol. The van der Waals surface area contributed by atoms with Crippen LogP contribution in [0, 0.1) is 0 Å². The van der Waals surface area contributed by atoms with Gasteiger partial charge in [-0.1, -0.05) is 91.0 Å². The molecule has 1 aliphatic rings. The lowest BCUT2D eigenvalue weighted by atomic mass is 10.1. The van der Waals surface area contributed by atoms with Crippen LogP contribution in [0.5, 0.6) is 0 Å². The summed E-state index contributed by atoms with van der Waals surface area (Å²) in [5.41, 5.74) is 4.47. The zero-order chi connectivity index (χ0) is 22.9. The van der Waals surface area contributed by atoms with Gasteiger partial charge in [-0.15, -0.1) is 0 Å². The van der Waals surface area contributed by atoms with Crippen LogP contribution in [0.25, 0.3) is 0 Å². The van der Waals surface area contributed by atoms with Gasteiger partial charge in [-0.2, -0.15) is 0 Å². The first-order valence-electron chi connectivity index (χ1n) is 11.5. The van der Waals surface area contributed by atoms with Crippen molar-refractivity contribution in [1.29, 1.82) is 0 Å². The predicted molar refractivity (Wildman–Crippen MR) is 129 cm³/mol. The van der Waals surface area contributed by atoms with E-state index in [-0.39, 0.29) is 18.3 Å². The van der Waals surface area contributed by atoms with Gasteiger partial charge in [0.05, 0.1) is 26.4 Å². The van der Waals surface area contributed by atoms with Crippen LogP contribution in [0.3, 0.4) is 0 Å². The maximum absolute atomic E-state index is 6.42. The van der Waals surface area contributed by atoms with Crippen molar-refractivity contribution in [3.05, 3.63) is 119 Å². The lowest BCUT2D eigenvalue weighted by Gasteiger charge is -2.23. The second kappa shape index (κ2) is 11.8. The van der Waals surface area contributed by atoms with Gasteiger partial charge in [0.1, 0.15) is 18.0 Å². The topological polar surface area (TPSA) is 36.9 Å². The minimum absolute atomic E-state index is 0.247. The lowest BCUT2D eigenvalue weighted by Crippen LogP contribution is -2.37. The van der Waals surface area contributed by atoms with Gasteiger partial charge in [0.25, 0.3) is 0 Å². The predicted octanol–water partition coefficient (Wildman–Crippen LogP) is 6.07. The first-order chi connectivity index (χ1) is 16.2. The van der Waals surface area contributed by atoms with Crippen LogP contribution >= 0.6 is 0 Å². The van der Waals surface area contributed by atoms with Crippen LogP contribution in [-0.4, -0.2) is 24.9 Å². The molecule has 0 amide bonds. The fraction of sp³-hybridized carbons (Fsp3) is 0.310. The molecule has 0 aromatic heterocycles. The second-order valence-corrected chi connectivity index (χ2v) is 8.50. The quantitative estimate of drug-likeness (QED) is 0.380. The van der Waals surface area contributed by atoms with E-state index in [4.69, 9.17) is 18.9 Å². The summed E-state index contributed by atoms with van der Waals surface area (Å²) in [6.45, 7) is 6.05. The summed E-state index contributed by atoms with van der Waals surface area (Å²) in [7, 11) is 0. The molecular formula is C29H32O4. The maximum atomic E-state index is 6.42. The average molecular weight is 445 g/mol. The highest BCUT2D eigenvalue weighted by atomic mass is 16.6. The lowest BCUT2D eigenvalue weighted by molar-refractivity contribution is -0.0894. The maximum Gasteiger partial charge on any atom is 0.151 e. The SMILES string of the molecule is CC(C)=C1O[C@H](COCc2ccccc2)C(OCc2ccccc2)C1OCc1ccccc1. The summed E-state index contributed by atoms with van der Waals surface area (Å²) >= 11 is 0. The van der Waals surface area contributed by atoms with Crippen LogP contribution in [-0.2, 0) is 38.8 Å². The van der Waals surface area contributed by atoms with Crippen LogP contribution in [0.2, 0.25) is 0 Å². The van der Waals surface area contributed by atoms with E-state index in [2.05, 4.69) is 50.2 Å². The molecule has 0 spiro atoms. The van der Waals surface area contributed by atoms with Crippen LogP contribution < -0.4 is 0 Å². The van der Waals surface area contributed by atoms with E-state index in [9.17, 15) is 0 Å². The molecule has 1 saturated heterocycles. The van der Waals surface area contributed by atoms with E-state index in [0.717, 1.165) is 28.0 Å². The summed E-state index contributed by atoms with van der Waals surface area (Å²) in [4.78, 5) is 0. The summed E-state index contributed by atoms with van der Waals surface area (Å²) < 4.78 is 25.2. The summed E-state index contributed by atoms with van der Waals surface area (Å²) in [6.07, 6.45) is -0.804. The molecule has 0 radical (unpaired) electrons.